The number of nitrogens with zero attached hydrogens (tertiary/aromatic N) is 1. The number of carbonyl (C=O) groups excluding carboxylic acids is 1. The van der Waals surface area contributed by atoms with E-state index >= 15 is 0 Å². The molecule has 2 fully saturated rings. The van der Waals surface area contributed by atoms with E-state index in [1.807, 2.05) is 20.8 Å². The van der Waals surface area contributed by atoms with Crippen LogP contribution < -0.4 is 0 Å². The number of carboxylic acid groups (broad SMARTS) is 1. The molecule has 114 valence electrons. The lowest BCUT2D eigenvalue weighted by Crippen LogP contribution is -2.51. The minimum absolute atomic E-state index is 0.0574. The fourth-order valence-electron chi connectivity index (χ4n) is 3.26. The van der Waals surface area contributed by atoms with Gasteiger partial charge in [0.2, 0.25) is 5.91 Å². The first-order valence-corrected chi connectivity index (χ1v) is 6.95. The average molecular weight is 285 g/mol. The number of hydrogen-bond donors (Lipinski definition) is 1. The van der Waals surface area contributed by atoms with Crippen LogP contribution in [0.2, 0.25) is 0 Å². The smallest absolute Gasteiger partial charge is 0.307 e. The molecule has 1 heterocycles. The molecule has 2 aliphatic rings. The number of ether oxygens (including phenoxy) is 2. The SMILES string of the molecule is COCC1CN(C(=O)[C@@H]2[C@H](C(=O)O)C2(C)C)CC(C)O1. The van der Waals surface area contributed by atoms with Crippen LogP contribution in [-0.4, -0.2) is 60.9 Å². The van der Waals surface area contributed by atoms with Crippen molar-refractivity contribution >= 4 is 11.9 Å². The van der Waals surface area contributed by atoms with Gasteiger partial charge >= 0.3 is 5.97 Å². The van der Waals surface area contributed by atoms with Crippen molar-refractivity contribution in [1.82, 2.24) is 4.90 Å². The first-order valence-electron chi connectivity index (χ1n) is 6.95. The minimum Gasteiger partial charge on any atom is -0.481 e. The van der Waals surface area contributed by atoms with E-state index in [9.17, 15) is 14.7 Å². The number of aliphatic carboxylic acids is 1. The third kappa shape index (κ3) is 2.67. The van der Waals surface area contributed by atoms with E-state index in [0.717, 1.165) is 0 Å². The van der Waals surface area contributed by atoms with Crippen molar-refractivity contribution in [3.05, 3.63) is 0 Å². The summed E-state index contributed by atoms with van der Waals surface area (Å²) >= 11 is 0. The number of rotatable bonds is 4. The quantitative estimate of drug-likeness (QED) is 0.819. The molecule has 0 bridgehead atoms. The molecular formula is C14H23NO5. The summed E-state index contributed by atoms with van der Waals surface area (Å²) in [6.45, 7) is 7.00. The van der Waals surface area contributed by atoms with E-state index < -0.39 is 23.2 Å². The summed E-state index contributed by atoms with van der Waals surface area (Å²) in [5.74, 6) is -1.95. The predicted octanol–water partition coefficient (Wildman–Crippen LogP) is 0.606. The Balaban J connectivity index is 2.04. The zero-order chi connectivity index (χ0) is 15.1. The molecule has 0 radical (unpaired) electrons. The van der Waals surface area contributed by atoms with Gasteiger partial charge in [-0.25, -0.2) is 0 Å². The third-order valence-corrected chi connectivity index (χ3v) is 4.35. The highest BCUT2D eigenvalue weighted by Gasteiger charge is 2.66. The zero-order valence-corrected chi connectivity index (χ0v) is 12.5. The minimum atomic E-state index is -0.886. The summed E-state index contributed by atoms with van der Waals surface area (Å²) < 4.78 is 10.8. The molecule has 4 atom stereocenters. The summed E-state index contributed by atoms with van der Waals surface area (Å²) in [5.41, 5.74) is -0.457. The van der Waals surface area contributed by atoms with Crippen molar-refractivity contribution in [2.24, 2.45) is 17.3 Å². The molecule has 0 aromatic rings. The number of methoxy groups -OCH3 is 1. The van der Waals surface area contributed by atoms with Crippen LogP contribution in [0.1, 0.15) is 20.8 Å². The zero-order valence-electron chi connectivity index (χ0n) is 12.5. The Labute approximate surface area is 119 Å². The molecule has 6 heteroatoms. The maximum absolute atomic E-state index is 12.6. The number of carboxylic acids is 1. The largest absolute Gasteiger partial charge is 0.481 e. The molecule has 1 saturated heterocycles. The van der Waals surface area contributed by atoms with Gasteiger partial charge < -0.3 is 19.5 Å². The van der Waals surface area contributed by atoms with Crippen LogP contribution in [0.25, 0.3) is 0 Å². The number of hydrogen-bond acceptors (Lipinski definition) is 4. The van der Waals surface area contributed by atoms with Gasteiger partial charge in [-0.05, 0) is 12.3 Å². The van der Waals surface area contributed by atoms with Gasteiger partial charge in [0.1, 0.15) is 0 Å². The normalized spacial score (nSPS) is 35.7. The molecule has 1 N–H and O–H groups in total. The lowest BCUT2D eigenvalue weighted by atomic mass is 10.1. The second kappa shape index (κ2) is 5.33. The van der Waals surface area contributed by atoms with Crippen molar-refractivity contribution in [1.29, 1.82) is 0 Å². The van der Waals surface area contributed by atoms with Gasteiger partial charge in [-0.3, -0.25) is 9.59 Å². The summed E-state index contributed by atoms with van der Waals surface area (Å²) in [6.07, 6.45) is -0.198. The van der Waals surface area contributed by atoms with E-state index in [4.69, 9.17) is 9.47 Å². The van der Waals surface area contributed by atoms with Crippen LogP contribution in [0.3, 0.4) is 0 Å². The highest BCUT2D eigenvalue weighted by Crippen LogP contribution is 2.59. The van der Waals surface area contributed by atoms with E-state index in [-0.39, 0.29) is 18.1 Å². The first-order chi connectivity index (χ1) is 9.28. The van der Waals surface area contributed by atoms with E-state index in [1.54, 1.807) is 12.0 Å². The Bertz CT molecular complexity index is 408. The fourth-order valence-corrected chi connectivity index (χ4v) is 3.26. The van der Waals surface area contributed by atoms with Gasteiger partial charge in [0, 0.05) is 20.2 Å². The molecule has 2 unspecified atom stereocenters. The van der Waals surface area contributed by atoms with E-state index in [2.05, 4.69) is 0 Å². The lowest BCUT2D eigenvalue weighted by Gasteiger charge is -2.37. The molecule has 0 aromatic carbocycles. The molecule has 1 amide bonds. The Hall–Kier alpha value is -1.14. The summed E-state index contributed by atoms with van der Waals surface area (Å²) in [4.78, 5) is 25.5. The van der Waals surface area contributed by atoms with Gasteiger partial charge in [-0.2, -0.15) is 0 Å². The van der Waals surface area contributed by atoms with Crippen molar-refractivity contribution in [3.8, 4) is 0 Å². The molecule has 0 spiro atoms. The molecule has 1 aliphatic carbocycles. The van der Waals surface area contributed by atoms with Crippen molar-refractivity contribution < 1.29 is 24.2 Å². The monoisotopic (exact) mass is 285 g/mol. The van der Waals surface area contributed by atoms with Gasteiger partial charge in [0.25, 0.3) is 0 Å². The fraction of sp³-hybridized carbons (Fsp3) is 0.857. The van der Waals surface area contributed by atoms with Crippen molar-refractivity contribution in [2.45, 2.75) is 33.0 Å². The predicted molar refractivity (Wildman–Crippen MR) is 71.2 cm³/mol. The highest BCUT2D eigenvalue weighted by atomic mass is 16.5. The van der Waals surface area contributed by atoms with Gasteiger partial charge in [0.05, 0.1) is 30.7 Å². The summed E-state index contributed by atoms with van der Waals surface area (Å²) in [7, 11) is 1.60. The highest BCUT2D eigenvalue weighted by molar-refractivity contribution is 5.91. The molecule has 1 aliphatic heterocycles. The van der Waals surface area contributed by atoms with Gasteiger partial charge in [-0.15, -0.1) is 0 Å². The van der Waals surface area contributed by atoms with Crippen LogP contribution >= 0.6 is 0 Å². The molecule has 1 saturated carbocycles. The Kier molecular flexibility index (Phi) is 4.07. The maximum Gasteiger partial charge on any atom is 0.307 e. The van der Waals surface area contributed by atoms with Gasteiger partial charge in [0.15, 0.2) is 0 Å². The standard InChI is InChI=1S/C14H23NO5/c1-8-5-15(6-9(20-8)7-19-4)12(16)10-11(13(17)18)14(10,2)3/h8-11H,5-7H2,1-4H3,(H,17,18)/t8?,9?,10-,11+/m0/s1. The van der Waals surface area contributed by atoms with E-state index in [1.165, 1.54) is 0 Å². The van der Waals surface area contributed by atoms with Crippen molar-refractivity contribution in [2.75, 3.05) is 26.8 Å². The molecule has 0 aromatic heterocycles. The van der Waals surface area contributed by atoms with Crippen LogP contribution in [0, 0.1) is 17.3 Å². The Morgan fingerprint density at radius 3 is 2.50 bits per heavy atom. The Morgan fingerprint density at radius 1 is 1.35 bits per heavy atom. The number of carbonyl (C=O) groups is 2. The molecule has 6 nitrogen and oxygen atoms in total. The summed E-state index contributed by atoms with van der Waals surface area (Å²) in [6, 6.07) is 0. The van der Waals surface area contributed by atoms with Crippen LogP contribution in [0.4, 0.5) is 0 Å². The third-order valence-electron chi connectivity index (χ3n) is 4.35. The van der Waals surface area contributed by atoms with Gasteiger partial charge in [-0.1, -0.05) is 13.8 Å². The number of morpholine rings is 1. The molecule has 2 rings (SSSR count). The molecule has 20 heavy (non-hydrogen) atoms. The topological polar surface area (TPSA) is 76.1 Å². The number of amides is 1. The Morgan fingerprint density at radius 2 is 2.00 bits per heavy atom. The van der Waals surface area contributed by atoms with Crippen LogP contribution in [0.5, 0.6) is 0 Å². The average Bonchev–Trinajstić information content (AvgIpc) is 2.91. The first kappa shape index (κ1) is 15.3. The second-order valence-corrected chi connectivity index (χ2v) is 6.38. The second-order valence-electron chi connectivity index (χ2n) is 6.38. The molecular weight excluding hydrogens is 262 g/mol. The van der Waals surface area contributed by atoms with Crippen LogP contribution in [-0.2, 0) is 19.1 Å². The maximum atomic E-state index is 12.6. The summed E-state index contributed by atoms with van der Waals surface area (Å²) in [5, 5.41) is 9.18. The van der Waals surface area contributed by atoms with E-state index in [0.29, 0.717) is 19.7 Å². The van der Waals surface area contributed by atoms with Crippen molar-refractivity contribution in [3.63, 3.8) is 0 Å². The van der Waals surface area contributed by atoms with Crippen LogP contribution in [0.15, 0.2) is 0 Å². The lowest BCUT2D eigenvalue weighted by molar-refractivity contribution is -0.151.